The number of nitro groups is 1. The molecule has 0 saturated carbocycles. The Kier molecular flexibility index (Phi) is 4.34. The van der Waals surface area contributed by atoms with E-state index < -0.39 is 0 Å². The van der Waals surface area contributed by atoms with Gasteiger partial charge in [0.15, 0.2) is 0 Å². The first-order valence-electron chi connectivity index (χ1n) is 10.2. The topological polar surface area (TPSA) is 75.5 Å². The quantitative estimate of drug-likeness (QED) is 0.471. The number of likely N-dealkylation sites (tertiary alicyclic amines) is 1. The summed E-state index contributed by atoms with van der Waals surface area (Å²) in [6.45, 7) is 1.64. The minimum absolute atomic E-state index is 0.0100. The summed E-state index contributed by atoms with van der Waals surface area (Å²) < 4.78 is 0. The fourth-order valence-electron chi connectivity index (χ4n) is 5.02. The van der Waals surface area contributed by atoms with Gasteiger partial charge in [0.2, 0.25) is 0 Å². The number of nitrogens with one attached hydrogen (secondary N) is 1. The number of para-hydroxylation sites is 1. The molecule has 5 rings (SSSR count). The zero-order valence-electron chi connectivity index (χ0n) is 16.1. The van der Waals surface area contributed by atoms with Gasteiger partial charge in [-0.3, -0.25) is 14.9 Å². The van der Waals surface area contributed by atoms with Crippen molar-refractivity contribution in [1.29, 1.82) is 0 Å². The molecule has 0 aromatic heterocycles. The molecule has 29 heavy (non-hydrogen) atoms. The van der Waals surface area contributed by atoms with Crippen LogP contribution in [0.3, 0.4) is 0 Å². The van der Waals surface area contributed by atoms with Gasteiger partial charge in [-0.2, -0.15) is 0 Å². The Bertz CT molecular complexity index is 993. The second kappa shape index (κ2) is 7.03. The number of benzene rings is 2. The number of non-ortho nitro benzene ring substituents is 1. The van der Waals surface area contributed by atoms with Gasteiger partial charge in [0.05, 0.1) is 22.2 Å². The predicted octanol–water partition coefficient (Wildman–Crippen LogP) is 4.66. The highest BCUT2D eigenvalue weighted by molar-refractivity contribution is 6.01. The molecule has 6 nitrogen and oxygen atoms in total. The van der Waals surface area contributed by atoms with Gasteiger partial charge in [-0.05, 0) is 42.4 Å². The van der Waals surface area contributed by atoms with E-state index in [1.807, 2.05) is 29.2 Å². The lowest BCUT2D eigenvalue weighted by molar-refractivity contribution is -0.384. The number of allylic oxidation sites excluding steroid dienone is 2. The molecule has 1 fully saturated rings. The fourth-order valence-corrected chi connectivity index (χ4v) is 5.02. The van der Waals surface area contributed by atoms with Crippen LogP contribution in [0.1, 0.15) is 52.7 Å². The normalized spacial score (nSPS) is 24.7. The molecular weight excluding hydrogens is 366 g/mol. The van der Waals surface area contributed by atoms with Crippen molar-refractivity contribution in [3.05, 3.63) is 81.4 Å². The molecule has 1 N–H and O–H groups in total. The second-order valence-electron chi connectivity index (χ2n) is 8.09. The van der Waals surface area contributed by atoms with Crippen LogP contribution in [0.4, 0.5) is 11.4 Å². The number of nitro benzene ring substituents is 1. The molecule has 3 aliphatic rings. The summed E-state index contributed by atoms with van der Waals surface area (Å²) in [5.74, 6) is 0.675. The molecule has 2 aromatic rings. The van der Waals surface area contributed by atoms with E-state index in [1.165, 1.54) is 5.56 Å². The zero-order valence-corrected chi connectivity index (χ0v) is 16.1. The molecule has 6 heteroatoms. The van der Waals surface area contributed by atoms with Gasteiger partial charge in [-0.1, -0.05) is 36.4 Å². The molecule has 0 radical (unpaired) electrons. The second-order valence-corrected chi connectivity index (χ2v) is 8.09. The lowest BCUT2D eigenvalue weighted by atomic mass is 9.76. The summed E-state index contributed by atoms with van der Waals surface area (Å²) in [5.41, 5.74) is 3.93. The number of nitrogens with zero attached hydrogens (tertiary/aromatic N) is 2. The minimum atomic E-state index is -0.375. The zero-order chi connectivity index (χ0) is 20.0. The predicted molar refractivity (Wildman–Crippen MR) is 111 cm³/mol. The van der Waals surface area contributed by atoms with Crippen LogP contribution in [0.15, 0.2) is 54.6 Å². The van der Waals surface area contributed by atoms with E-state index in [2.05, 4.69) is 23.5 Å². The average Bonchev–Trinajstić information content (AvgIpc) is 3.44. The number of hydrogen-bond acceptors (Lipinski definition) is 4. The number of hydrogen-bond donors (Lipinski definition) is 1. The molecule has 1 saturated heterocycles. The van der Waals surface area contributed by atoms with Crippen LogP contribution in [-0.4, -0.2) is 28.8 Å². The third kappa shape index (κ3) is 2.99. The minimum Gasteiger partial charge on any atom is -0.377 e. The van der Waals surface area contributed by atoms with Gasteiger partial charge in [0, 0.05) is 31.1 Å². The van der Waals surface area contributed by atoms with Crippen LogP contribution < -0.4 is 5.32 Å². The molecular formula is C23H23N3O3. The Morgan fingerprint density at radius 2 is 1.86 bits per heavy atom. The molecule has 0 bridgehead atoms. The lowest BCUT2D eigenvalue weighted by Gasteiger charge is -2.38. The van der Waals surface area contributed by atoms with E-state index in [9.17, 15) is 14.9 Å². The van der Waals surface area contributed by atoms with E-state index in [4.69, 9.17) is 0 Å². The summed E-state index contributed by atoms with van der Waals surface area (Å²) in [6, 6.07) is 12.8. The maximum absolute atomic E-state index is 13.2. The van der Waals surface area contributed by atoms with Gasteiger partial charge in [-0.25, -0.2) is 0 Å². The number of fused-ring (bicyclic) bond motifs is 3. The highest BCUT2D eigenvalue weighted by atomic mass is 16.6. The van der Waals surface area contributed by atoms with Crippen molar-refractivity contribution < 1.29 is 9.72 Å². The van der Waals surface area contributed by atoms with Crippen LogP contribution >= 0.6 is 0 Å². The Morgan fingerprint density at radius 1 is 1.10 bits per heavy atom. The van der Waals surface area contributed by atoms with Crippen LogP contribution in [-0.2, 0) is 0 Å². The number of amides is 1. The standard InChI is InChI=1S/C23H23N3O3/c27-23(25-13-1-2-14-25)20-8-4-7-19-17-5-3-6-18(17)21(24-22(19)20)15-9-11-16(12-10-15)26(28)29/h3-5,7-12,17-18,21,24H,1-2,6,13-14H2/t17-,18+,21+/m0/s1. The maximum atomic E-state index is 13.2. The Balaban J connectivity index is 1.54. The fraction of sp³-hybridized carbons (Fsp3) is 0.348. The molecule has 2 heterocycles. The lowest BCUT2D eigenvalue weighted by Crippen LogP contribution is -2.33. The summed E-state index contributed by atoms with van der Waals surface area (Å²) in [7, 11) is 0. The molecule has 148 valence electrons. The first-order valence-corrected chi connectivity index (χ1v) is 10.2. The van der Waals surface area contributed by atoms with Crippen molar-refractivity contribution >= 4 is 17.3 Å². The monoisotopic (exact) mass is 389 g/mol. The summed E-state index contributed by atoms with van der Waals surface area (Å²) >= 11 is 0. The molecule has 2 aliphatic heterocycles. The first kappa shape index (κ1) is 17.9. The van der Waals surface area contributed by atoms with E-state index in [1.54, 1.807) is 12.1 Å². The van der Waals surface area contributed by atoms with E-state index in [0.29, 0.717) is 5.92 Å². The highest BCUT2D eigenvalue weighted by Gasteiger charge is 2.39. The van der Waals surface area contributed by atoms with Gasteiger partial charge in [0.25, 0.3) is 11.6 Å². The van der Waals surface area contributed by atoms with Crippen LogP contribution in [0.5, 0.6) is 0 Å². The highest BCUT2D eigenvalue weighted by Crippen LogP contribution is 2.50. The van der Waals surface area contributed by atoms with Gasteiger partial charge < -0.3 is 10.2 Å². The molecule has 2 aromatic carbocycles. The summed E-state index contributed by atoms with van der Waals surface area (Å²) in [5, 5.41) is 14.7. The maximum Gasteiger partial charge on any atom is 0.269 e. The number of rotatable bonds is 3. The van der Waals surface area contributed by atoms with Crippen molar-refractivity contribution in [2.24, 2.45) is 5.92 Å². The van der Waals surface area contributed by atoms with Crippen LogP contribution in [0.2, 0.25) is 0 Å². The van der Waals surface area contributed by atoms with Gasteiger partial charge in [0.1, 0.15) is 0 Å². The number of carbonyl (C=O) groups excluding carboxylic acids is 1. The van der Waals surface area contributed by atoms with Gasteiger partial charge >= 0.3 is 0 Å². The first-order chi connectivity index (χ1) is 14.1. The molecule has 1 amide bonds. The van der Waals surface area contributed by atoms with Crippen molar-refractivity contribution in [3.63, 3.8) is 0 Å². The third-order valence-electron chi connectivity index (χ3n) is 6.48. The van der Waals surface area contributed by atoms with E-state index >= 15 is 0 Å². The smallest absolute Gasteiger partial charge is 0.269 e. The SMILES string of the molecule is O=C(c1cccc2c1N[C@H](c1ccc([N+](=O)[O-])cc1)[C@@H]1CC=C[C@H]21)N1CCCC1. The molecule has 0 unspecified atom stereocenters. The largest absolute Gasteiger partial charge is 0.377 e. The van der Waals surface area contributed by atoms with Crippen molar-refractivity contribution in [2.45, 2.75) is 31.2 Å². The number of anilines is 1. The molecule has 3 atom stereocenters. The van der Waals surface area contributed by atoms with Crippen molar-refractivity contribution in [1.82, 2.24) is 4.90 Å². The summed E-state index contributed by atoms with van der Waals surface area (Å²) in [6.07, 6.45) is 7.52. The van der Waals surface area contributed by atoms with Crippen LogP contribution in [0, 0.1) is 16.0 Å². The van der Waals surface area contributed by atoms with Gasteiger partial charge in [-0.15, -0.1) is 0 Å². The van der Waals surface area contributed by atoms with Crippen LogP contribution in [0.25, 0.3) is 0 Å². The Labute approximate surface area is 169 Å². The third-order valence-corrected chi connectivity index (χ3v) is 6.48. The van der Waals surface area contributed by atoms with E-state index in [0.717, 1.165) is 49.2 Å². The number of carbonyl (C=O) groups is 1. The molecule has 0 spiro atoms. The average molecular weight is 389 g/mol. The Morgan fingerprint density at radius 3 is 2.59 bits per heavy atom. The summed E-state index contributed by atoms with van der Waals surface area (Å²) in [4.78, 5) is 25.7. The van der Waals surface area contributed by atoms with E-state index in [-0.39, 0.29) is 28.5 Å². The van der Waals surface area contributed by atoms with Crippen molar-refractivity contribution in [3.8, 4) is 0 Å². The Hall–Kier alpha value is -3.15. The van der Waals surface area contributed by atoms with Crippen molar-refractivity contribution in [2.75, 3.05) is 18.4 Å². The molecule has 1 aliphatic carbocycles.